The van der Waals surface area contributed by atoms with E-state index >= 15 is 0 Å². The molecule has 156 valence electrons. The van der Waals surface area contributed by atoms with E-state index in [1.807, 2.05) is 30.3 Å². The Bertz CT molecular complexity index is 829. The third-order valence-electron chi connectivity index (χ3n) is 5.83. The average Bonchev–Trinajstić information content (AvgIpc) is 3.29. The van der Waals surface area contributed by atoms with Crippen LogP contribution in [-0.2, 0) is 4.74 Å². The summed E-state index contributed by atoms with van der Waals surface area (Å²) in [5, 5.41) is 29.9. The van der Waals surface area contributed by atoms with Gasteiger partial charge in [-0.2, -0.15) is 0 Å². The van der Waals surface area contributed by atoms with Gasteiger partial charge in [0.25, 0.3) is 0 Å². The van der Waals surface area contributed by atoms with E-state index in [0.29, 0.717) is 11.5 Å². The van der Waals surface area contributed by atoms with Gasteiger partial charge in [0, 0.05) is 5.92 Å². The lowest BCUT2D eigenvalue weighted by Gasteiger charge is -2.37. The Morgan fingerprint density at radius 1 is 1.28 bits per heavy atom. The first-order valence-corrected chi connectivity index (χ1v) is 9.91. The number of aliphatic imine (C=N–C) groups is 3. The van der Waals surface area contributed by atoms with Gasteiger partial charge in [0.1, 0.15) is 37.0 Å². The lowest BCUT2D eigenvalue weighted by molar-refractivity contribution is -0.0688. The number of rotatable bonds is 6. The van der Waals surface area contributed by atoms with Gasteiger partial charge in [-0.3, -0.25) is 4.99 Å². The molecule has 2 unspecified atom stereocenters. The molecule has 6 atom stereocenters. The Balaban J connectivity index is 1.64. The number of nitrogens with two attached hydrogens (primary N) is 1. The molecule has 1 fully saturated rings. The maximum Gasteiger partial charge on any atom is 0.162 e. The molecule has 0 radical (unpaired) electrons. The molecule has 0 amide bonds. The molecule has 29 heavy (non-hydrogen) atoms. The summed E-state index contributed by atoms with van der Waals surface area (Å²) in [6, 6.07) is 9.99. The zero-order chi connectivity index (χ0) is 20.6. The first kappa shape index (κ1) is 20.1. The number of benzene rings is 1. The second-order valence-electron chi connectivity index (χ2n) is 7.62. The maximum absolute atomic E-state index is 10.4. The number of hydrogen-bond acceptors (Lipinski definition) is 9. The van der Waals surface area contributed by atoms with E-state index in [0.717, 1.165) is 18.4 Å². The Morgan fingerprint density at radius 3 is 2.69 bits per heavy atom. The number of aliphatic hydroxyl groups is 3. The highest BCUT2D eigenvalue weighted by Crippen LogP contribution is 2.37. The van der Waals surface area contributed by atoms with Crippen molar-refractivity contribution in [3.63, 3.8) is 0 Å². The van der Waals surface area contributed by atoms with Crippen molar-refractivity contribution in [1.29, 1.82) is 0 Å². The first-order chi connectivity index (χ1) is 14.0. The molecule has 0 aromatic heterocycles. The molecule has 3 aliphatic rings. The van der Waals surface area contributed by atoms with E-state index in [4.69, 9.17) is 10.5 Å². The summed E-state index contributed by atoms with van der Waals surface area (Å²) in [5.74, 6) is 0.383. The van der Waals surface area contributed by atoms with Gasteiger partial charge in [0.2, 0.25) is 0 Å². The number of aliphatic hydroxyl groups excluding tert-OH is 3. The van der Waals surface area contributed by atoms with Crippen LogP contribution < -0.4 is 5.73 Å². The topological polar surface area (TPSA) is 136 Å². The molecule has 1 aromatic carbocycles. The number of ether oxygens (including phenoxy) is 1. The third-order valence-corrected chi connectivity index (χ3v) is 5.83. The lowest BCUT2D eigenvalue weighted by atomic mass is 9.79. The summed E-state index contributed by atoms with van der Waals surface area (Å²) in [5.41, 5.74) is 7.37. The number of amidine groups is 1. The Labute approximate surface area is 169 Å². The zero-order valence-corrected chi connectivity index (χ0v) is 16.3. The summed E-state index contributed by atoms with van der Waals surface area (Å²) < 4.78 is 5.67. The van der Waals surface area contributed by atoms with Crippen LogP contribution in [0.4, 0.5) is 0 Å². The summed E-state index contributed by atoms with van der Waals surface area (Å²) in [6.07, 6.45) is -0.956. The van der Waals surface area contributed by atoms with Crippen molar-refractivity contribution in [3.05, 3.63) is 35.9 Å². The molecule has 1 aromatic rings. The van der Waals surface area contributed by atoms with Crippen LogP contribution in [0.25, 0.3) is 0 Å². The Morgan fingerprint density at radius 2 is 2.03 bits per heavy atom. The quantitative estimate of drug-likeness (QED) is 0.522. The highest BCUT2D eigenvalue weighted by Gasteiger charge is 2.52. The molecule has 3 aliphatic heterocycles. The van der Waals surface area contributed by atoms with Gasteiger partial charge in [0.05, 0.1) is 6.61 Å². The largest absolute Gasteiger partial charge is 0.394 e. The minimum Gasteiger partial charge on any atom is -0.394 e. The molecule has 0 aliphatic carbocycles. The van der Waals surface area contributed by atoms with E-state index in [-0.39, 0.29) is 12.6 Å². The van der Waals surface area contributed by atoms with Crippen molar-refractivity contribution in [3.8, 4) is 0 Å². The van der Waals surface area contributed by atoms with Crippen molar-refractivity contribution in [2.75, 3.05) is 13.3 Å². The van der Waals surface area contributed by atoms with Crippen LogP contribution in [0.1, 0.15) is 31.2 Å². The van der Waals surface area contributed by atoms with Crippen molar-refractivity contribution in [1.82, 2.24) is 4.90 Å². The minimum absolute atomic E-state index is 0.0978. The molecule has 3 heterocycles. The monoisotopic (exact) mass is 401 g/mol. The number of fused-ring (bicyclic) bond motifs is 1. The Hall–Kier alpha value is -2.17. The van der Waals surface area contributed by atoms with Crippen LogP contribution in [0.2, 0.25) is 0 Å². The van der Waals surface area contributed by atoms with Crippen LogP contribution in [0, 0.1) is 0 Å². The van der Waals surface area contributed by atoms with Crippen molar-refractivity contribution >= 4 is 17.9 Å². The molecule has 0 bridgehead atoms. The molecule has 0 spiro atoms. The first-order valence-electron chi connectivity index (χ1n) is 9.91. The van der Waals surface area contributed by atoms with Gasteiger partial charge < -0.3 is 30.7 Å². The fraction of sp³-hybridized carbons (Fsp3) is 0.550. The highest BCUT2D eigenvalue weighted by atomic mass is 16.6. The van der Waals surface area contributed by atoms with Crippen molar-refractivity contribution < 1.29 is 20.1 Å². The van der Waals surface area contributed by atoms with Crippen molar-refractivity contribution in [2.45, 2.75) is 55.9 Å². The molecule has 9 heteroatoms. The second-order valence-corrected chi connectivity index (χ2v) is 7.62. The van der Waals surface area contributed by atoms with E-state index < -0.39 is 36.8 Å². The van der Waals surface area contributed by atoms with Gasteiger partial charge >= 0.3 is 0 Å². The normalized spacial score (nSPS) is 34.7. The van der Waals surface area contributed by atoms with Crippen molar-refractivity contribution in [2.24, 2.45) is 20.7 Å². The summed E-state index contributed by atoms with van der Waals surface area (Å²) >= 11 is 0. The minimum atomic E-state index is -1.20. The molecule has 4 rings (SSSR count). The molecule has 9 nitrogen and oxygen atoms in total. The predicted octanol–water partition coefficient (Wildman–Crippen LogP) is -0.181. The Kier molecular flexibility index (Phi) is 5.50. The maximum atomic E-state index is 10.4. The average molecular weight is 401 g/mol. The third kappa shape index (κ3) is 3.28. The lowest BCUT2D eigenvalue weighted by Crippen LogP contribution is -2.58. The van der Waals surface area contributed by atoms with Gasteiger partial charge in [-0.25, -0.2) is 9.98 Å². The molecule has 0 saturated carbocycles. The predicted molar refractivity (Wildman–Crippen MR) is 109 cm³/mol. The van der Waals surface area contributed by atoms with Crippen LogP contribution in [-0.4, -0.2) is 81.6 Å². The molecule has 1 saturated heterocycles. The van der Waals surface area contributed by atoms with Gasteiger partial charge in [0.15, 0.2) is 17.7 Å². The summed E-state index contributed by atoms with van der Waals surface area (Å²) in [6.45, 7) is 1.89. The number of hydrogen-bond donors (Lipinski definition) is 4. The van der Waals surface area contributed by atoms with Gasteiger partial charge in [-0.1, -0.05) is 43.7 Å². The van der Waals surface area contributed by atoms with Crippen LogP contribution >= 0.6 is 0 Å². The molecular weight excluding hydrogens is 374 g/mol. The molecular formula is C20H27N5O4. The van der Waals surface area contributed by atoms with Crippen LogP contribution in [0.3, 0.4) is 0 Å². The van der Waals surface area contributed by atoms with E-state index in [1.165, 1.54) is 6.34 Å². The number of nitrogens with zero attached hydrogens (tertiary/aromatic N) is 4. The zero-order valence-electron chi connectivity index (χ0n) is 16.3. The van der Waals surface area contributed by atoms with Crippen LogP contribution in [0.15, 0.2) is 45.3 Å². The molecule has 5 N–H and O–H groups in total. The van der Waals surface area contributed by atoms with E-state index in [2.05, 4.69) is 21.9 Å². The van der Waals surface area contributed by atoms with Crippen LogP contribution in [0.5, 0.6) is 0 Å². The SMILES string of the molecule is CCCC(c1ccccc1)C1(N)N=CN=C2C1=NCN2[C@@H]1O[C@H](CO)[C@@H](O)[C@H]1O. The fourth-order valence-corrected chi connectivity index (χ4v) is 4.31. The summed E-state index contributed by atoms with van der Waals surface area (Å²) in [4.78, 5) is 15.2. The smallest absolute Gasteiger partial charge is 0.162 e. The van der Waals surface area contributed by atoms with E-state index in [9.17, 15) is 15.3 Å². The fourth-order valence-electron chi connectivity index (χ4n) is 4.31. The second kappa shape index (κ2) is 7.92. The standard InChI is InChI=1S/C20H27N5O4/c1-2-6-13(12-7-4-3-5-8-12)20(21)17-18(22-10-24-20)25(11-23-17)19-16(28)15(27)14(9-26)29-19/h3-5,7-8,10,13-16,19,26-28H,2,6,9,11,21H2,1H3/t13?,14-,15-,16-,19-,20?/m1/s1. The summed E-state index contributed by atoms with van der Waals surface area (Å²) in [7, 11) is 0. The van der Waals surface area contributed by atoms with E-state index in [1.54, 1.807) is 4.90 Å². The van der Waals surface area contributed by atoms with Gasteiger partial charge in [-0.15, -0.1) is 0 Å². The highest BCUT2D eigenvalue weighted by molar-refractivity contribution is 6.47. The van der Waals surface area contributed by atoms with Gasteiger partial charge in [-0.05, 0) is 12.0 Å².